The number of primary amides is 1. The van der Waals surface area contributed by atoms with Gasteiger partial charge in [-0.05, 0) is 24.1 Å². The summed E-state index contributed by atoms with van der Waals surface area (Å²) in [7, 11) is 0. The van der Waals surface area contributed by atoms with Crippen molar-refractivity contribution in [1.29, 1.82) is 0 Å². The van der Waals surface area contributed by atoms with Crippen molar-refractivity contribution < 1.29 is 27.6 Å². The van der Waals surface area contributed by atoms with Gasteiger partial charge in [0.25, 0.3) is 11.8 Å². The number of alkyl halides is 3. The Bertz CT molecular complexity index is 1300. The SMILES string of the molecule is CCCC(O)(C(N)=O)c1ccc(-c2noc(-c3cnn(-c4ccccc4)c3C(F)(F)F)n2)cc1. The number of nitrogens with zero attached hydrogens (tertiary/aromatic N) is 4. The maximum Gasteiger partial charge on any atom is 0.434 e. The number of amides is 1. The third kappa shape index (κ3) is 4.17. The van der Waals surface area contributed by atoms with E-state index in [4.69, 9.17) is 10.3 Å². The molecule has 4 aromatic rings. The van der Waals surface area contributed by atoms with E-state index in [0.717, 1.165) is 10.9 Å². The molecule has 0 aliphatic rings. The Balaban J connectivity index is 1.70. The summed E-state index contributed by atoms with van der Waals surface area (Å²) in [6.45, 7) is 1.80. The maximum atomic E-state index is 13.9. The summed E-state index contributed by atoms with van der Waals surface area (Å²) < 4.78 is 47.6. The topological polar surface area (TPSA) is 120 Å². The molecule has 0 bridgehead atoms. The smallest absolute Gasteiger partial charge is 0.375 e. The fourth-order valence-electron chi connectivity index (χ4n) is 3.66. The van der Waals surface area contributed by atoms with E-state index in [2.05, 4.69) is 15.2 Å². The molecule has 1 atom stereocenters. The lowest BCUT2D eigenvalue weighted by Gasteiger charge is -2.24. The van der Waals surface area contributed by atoms with Crippen molar-refractivity contribution in [2.45, 2.75) is 31.5 Å². The lowest BCUT2D eigenvalue weighted by molar-refractivity contribution is -0.142. The molecule has 0 radical (unpaired) electrons. The van der Waals surface area contributed by atoms with Gasteiger partial charge in [-0.3, -0.25) is 4.79 Å². The van der Waals surface area contributed by atoms with Crippen molar-refractivity contribution in [2.24, 2.45) is 5.73 Å². The number of para-hydroxylation sites is 1. The van der Waals surface area contributed by atoms with Crippen LogP contribution in [-0.4, -0.2) is 30.9 Å². The van der Waals surface area contributed by atoms with Crippen LogP contribution in [0.3, 0.4) is 0 Å². The summed E-state index contributed by atoms with van der Waals surface area (Å²) in [6, 6.07) is 13.9. The number of rotatable bonds is 7. The van der Waals surface area contributed by atoms with Gasteiger partial charge in [0, 0.05) is 5.56 Å². The van der Waals surface area contributed by atoms with Crippen LogP contribution in [0.2, 0.25) is 0 Å². The first kappa shape index (κ1) is 23.2. The van der Waals surface area contributed by atoms with Crippen molar-refractivity contribution in [1.82, 2.24) is 19.9 Å². The van der Waals surface area contributed by atoms with Crippen molar-refractivity contribution in [3.8, 4) is 28.5 Å². The van der Waals surface area contributed by atoms with Gasteiger partial charge in [-0.1, -0.05) is 61.0 Å². The van der Waals surface area contributed by atoms with E-state index in [1.165, 1.54) is 36.4 Å². The first-order valence-electron chi connectivity index (χ1n) is 10.3. The third-order valence-corrected chi connectivity index (χ3v) is 5.34. The zero-order valence-electron chi connectivity index (χ0n) is 18.0. The van der Waals surface area contributed by atoms with Crippen LogP contribution in [0.15, 0.2) is 65.3 Å². The lowest BCUT2D eigenvalue weighted by atomic mass is 9.88. The van der Waals surface area contributed by atoms with E-state index in [9.17, 15) is 23.1 Å². The second-order valence-corrected chi connectivity index (χ2v) is 7.63. The van der Waals surface area contributed by atoms with Gasteiger partial charge in [-0.15, -0.1) is 0 Å². The molecule has 0 aliphatic carbocycles. The number of aromatic nitrogens is 4. The molecule has 11 heteroatoms. The molecule has 2 heterocycles. The highest BCUT2D eigenvalue weighted by Crippen LogP contribution is 2.38. The van der Waals surface area contributed by atoms with Crippen molar-refractivity contribution >= 4 is 5.91 Å². The molecule has 2 aromatic heterocycles. The number of hydrogen-bond acceptors (Lipinski definition) is 6. The number of nitrogens with two attached hydrogens (primary N) is 1. The second-order valence-electron chi connectivity index (χ2n) is 7.63. The van der Waals surface area contributed by atoms with E-state index in [-0.39, 0.29) is 35.0 Å². The standard InChI is InChI=1S/C23H20F3N5O3/c1-2-12-22(33,21(27)32)15-10-8-14(9-11-15)19-29-20(34-30-19)17-13-28-31(18(17)23(24,25)26)16-6-4-3-5-7-16/h3-11,13,33H,2,12H2,1H3,(H2,27,32). The van der Waals surface area contributed by atoms with Gasteiger partial charge in [0.15, 0.2) is 11.3 Å². The predicted molar refractivity (Wildman–Crippen MR) is 115 cm³/mol. The number of carbonyl (C=O) groups is 1. The summed E-state index contributed by atoms with van der Waals surface area (Å²) in [5.74, 6) is -1.20. The zero-order valence-corrected chi connectivity index (χ0v) is 18.0. The minimum atomic E-state index is -4.74. The van der Waals surface area contributed by atoms with E-state index in [1.54, 1.807) is 25.1 Å². The van der Waals surface area contributed by atoms with Crippen LogP contribution in [0, 0.1) is 0 Å². The molecule has 176 valence electrons. The average Bonchev–Trinajstić information content (AvgIpc) is 3.47. The Morgan fingerprint density at radius 1 is 1.12 bits per heavy atom. The van der Waals surface area contributed by atoms with Crippen LogP contribution in [-0.2, 0) is 16.6 Å². The lowest BCUT2D eigenvalue weighted by Crippen LogP contribution is -2.41. The van der Waals surface area contributed by atoms with Crippen molar-refractivity contribution in [3.05, 3.63) is 72.1 Å². The van der Waals surface area contributed by atoms with Gasteiger partial charge in [-0.25, -0.2) is 4.68 Å². The molecule has 0 fully saturated rings. The maximum absolute atomic E-state index is 13.9. The first-order valence-corrected chi connectivity index (χ1v) is 10.3. The van der Waals surface area contributed by atoms with Gasteiger partial charge in [-0.2, -0.15) is 23.3 Å². The molecule has 1 unspecified atom stereocenters. The van der Waals surface area contributed by atoms with Crippen molar-refractivity contribution in [2.75, 3.05) is 0 Å². The van der Waals surface area contributed by atoms with E-state index < -0.39 is 23.4 Å². The van der Waals surface area contributed by atoms with Gasteiger partial charge in [0.05, 0.1) is 17.4 Å². The third-order valence-electron chi connectivity index (χ3n) is 5.34. The highest BCUT2D eigenvalue weighted by atomic mass is 19.4. The zero-order chi connectivity index (χ0) is 24.5. The molecule has 4 rings (SSSR count). The molecule has 3 N–H and O–H groups in total. The molecular weight excluding hydrogens is 451 g/mol. The second kappa shape index (κ2) is 8.75. The van der Waals surface area contributed by atoms with Crippen LogP contribution in [0.5, 0.6) is 0 Å². The molecular formula is C23H20F3N5O3. The largest absolute Gasteiger partial charge is 0.434 e. The Morgan fingerprint density at radius 2 is 1.79 bits per heavy atom. The fourth-order valence-corrected chi connectivity index (χ4v) is 3.66. The summed E-state index contributed by atoms with van der Waals surface area (Å²) in [6.07, 6.45) is -3.06. The summed E-state index contributed by atoms with van der Waals surface area (Å²) >= 11 is 0. The molecule has 0 spiro atoms. The molecule has 0 aliphatic heterocycles. The number of benzene rings is 2. The first-order chi connectivity index (χ1) is 16.1. The van der Waals surface area contributed by atoms with Crippen LogP contribution >= 0.6 is 0 Å². The van der Waals surface area contributed by atoms with Crippen molar-refractivity contribution in [3.63, 3.8) is 0 Å². The minimum absolute atomic E-state index is 0.0280. The molecule has 2 aromatic carbocycles. The molecule has 34 heavy (non-hydrogen) atoms. The minimum Gasteiger partial charge on any atom is -0.375 e. The molecule has 8 nitrogen and oxygen atoms in total. The average molecular weight is 471 g/mol. The Hall–Kier alpha value is -3.99. The highest BCUT2D eigenvalue weighted by Gasteiger charge is 2.40. The Kier molecular flexibility index (Phi) is 5.96. The fraction of sp³-hybridized carbons (Fsp3) is 0.217. The number of aliphatic hydroxyl groups is 1. The van der Waals surface area contributed by atoms with E-state index >= 15 is 0 Å². The van der Waals surface area contributed by atoms with Gasteiger partial charge in [0.2, 0.25) is 5.82 Å². The van der Waals surface area contributed by atoms with E-state index in [0.29, 0.717) is 12.0 Å². The van der Waals surface area contributed by atoms with Gasteiger partial charge < -0.3 is 15.4 Å². The van der Waals surface area contributed by atoms with Crippen LogP contribution < -0.4 is 5.73 Å². The van der Waals surface area contributed by atoms with Crippen LogP contribution in [0.1, 0.15) is 31.0 Å². The molecule has 1 amide bonds. The molecule has 0 saturated heterocycles. The van der Waals surface area contributed by atoms with Gasteiger partial charge in [0.1, 0.15) is 0 Å². The highest BCUT2D eigenvalue weighted by molar-refractivity contribution is 5.84. The number of carbonyl (C=O) groups excluding carboxylic acids is 1. The van der Waals surface area contributed by atoms with Crippen LogP contribution in [0.4, 0.5) is 13.2 Å². The number of hydrogen-bond donors (Lipinski definition) is 2. The summed E-state index contributed by atoms with van der Waals surface area (Å²) in [5, 5.41) is 18.3. The molecule has 0 saturated carbocycles. The Labute approximate surface area is 191 Å². The predicted octanol–water partition coefficient (Wildman–Crippen LogP) is 4.08. The van der Waals surface area contributed by atoms with Crippen LogP contribution in [0.25, 0.3) is 28.5 Å². The van der Waals surface area contributed by atoms with Gasteiger partial charge >= 0.3 is 6.18 Å². The summed E-state index contributed by atoms with van der Waals surface area (Å²) in [5.41, 5.74) is 3.06. The monoisotopic (exact) mass is 471 g/mol. The Morgan fingerprint density at radius 3 is 2.38 bits per heavy atom. The number of halogens is 3. The summed E-state index contributed by atoms with van der Waals surface area (Å²) in [4.78, 5) is 15.9. The normalized spacial score (nSPS) is 13.6. The quantitative estimate of drug-likeness (QED) is 0.419. The van der Waals surface area contributed by atoms with E-state index in [1.807, 2.05) is 0 Å².